The van der Waals surface area contributed by atoms with E-state index in [4.69, 9.17) is 4.74 Å². The minimum absolute atomic E-state index is 0.196. The first kappa shape index (κ1) is 15.8. The normalized spacial score (nSPS) is 28.1. The van der Waals surface area contributed by atoms with Gasteiger partial charge >= 0.3 is 0 Å². The molecule has 2 saturated heterocycles. The maximum absolute atomic E-state index is 12.4. The molecular formula is C16H30N2O2. The van der Waals surface area contributed by atoms with Gasteiger partial charge in [0.15, 0.2) is 0 Å². The summed E-state index contributed by atoms with van der Waals surface area (Å²) in [6.45, 7) is 7.85. The maximum Gasteiger partial charge on any atom is 0.225 e. The maximum atomic E-state index is 12.4. The van der Waals surface area contributed by atoms with Crippen molar-refractivity contribution in [2.45, 2.75) is 58.5 Å². The number of carbonyl (C=O) groups excluding carboxylic acids is 1. The van der Waals surface area contributed by atoms with Gasteiger partial charge in [-0.05, 0) is 57.5 Å². The molecule has 0 aromatic heterocycles. The molecule has 2 aliphatic rings. The number of hydrogen-bond acceptors (Lipinski definition) is 3. The third kappa shape index (κ3) is 4.19. The summed E-state index contributed by atoms with van der Waals surface area (Å²) >= 11 is 0. The van der Waals surface area contributed by atoms with Crippen LogP contribution in [-0.2, 0) is 9.53 Å². The average Bonchev–Trinajstić information content (AvgIpc) is 2.49. The smallest absolute Gasteiger partial charge is 0.225 e. The third-order valence-electron chi connectivity index (χ3n) is 4.93. The predicted molar refractivity (Wildman–Crippen MR) is 80.6 cm³/mol. The van der Waals surface area contributed by atoms with Gasteiger partial charge in [-0.3, -0.25) is 4.79 Å². The average molecular weight is 282 g/mol. The lowest BCUT2D eigenvalue weighted by molar-refractivity contribution is -0.132. The van der Waals surface area contributed by atoms with Crippen LogP contribution in [-0.4, -0.2) is 38.3 Å². The molecule has 20 heavy (non-hydrogen) atoms. The van der Waals surface area contributed by atoms with E-state index in [-0.39, 0.29) is 11.3 Å². The van der Waals surface area contributed by atoms with Gasteiger partial charge in [0.05, 0.1) is 6.10 Å². The van der Waals surface area contributed by atoms with Crippen LogP contribution in [0.25, 0.3) is 0 Å². The second-order valence-corrected chi connectivity index (χ2v) is 6.80. The van der Waals surface area contributed by atoms with E-state index in [1.165, 1.54) is 19.3 Å². The molecule has 2 N–H and O–H groups in total. The van der Waals surface area contributed by atoms with Gasteiger partial charge in [-0.15, -0.1) is 0 Å². The summed E-state index contributed by atoms with van der Waals surface area (Å²) in [6, 6.07) is 0. The Kier molecular flexibility index (Phi) is 5.85. The molecule has 0 bridgehead atoms. The lowest BCUT2D eigenvalue weighted by Gasteiger charge is -2.36. The van der Waals surface area contributed by atoms with Gasteiger partial charge in [-0.2, -0.15) is 0 Å². The third-order valence-corrected chi connectivity index (χ3v) is 4.93. The molecule has 0 aromatic carbocycles. The summed E-state index contributed by atoms with van der Waals surface area (Å²) in [5.74, 6) is 0.643. The minimum atomic E-state index is -0.277. The van der Waals surface area contributed by atoms with Crippen molar-refractivity contribution in [2.75, 3.05) is 26.2 Å². The van der Waals surface area contributed by atoms with Crippen LogP contribution in [0, 0.1) is 11.3 Å². The zero-order valence-corrected chi connectivity index (χ0v) is 13.0. The molecule has 2 aliphatic heterocycles. The van der Waals surface area contributed by atoms with Crippen LogP contribution in [0.4, 0.5) is 0 Å². The summed E-state index contributed by atoms with van der Waals surface area (Å²) in [4.78, 5) is 12.4. The minimum Gasteiger partial charge on any atom is -0.378 e. The summed E-state index contributed by atoms with van der Waals surface area (Å²) in [5.41, 5.74) is -0.277. The number of piperidine rings is 1. The van der Waals surface area contributed by atoms with Gasteiger partial charge < -0.3 is 15.4 Å². The fraction of sp³-hybridized carbons (Fsp3) is 0.938. The number of amides is 1. The van der Waals surface area contributed by atoms with Crippen LogP contribution in [0.1, 0.15) is 52.4 Å². The molecule has 2 fully saturated rings. The van der Waals surface area contributed by atoms with Crippen molar-refractivity contribution in [1.82, 2.24) is 10.6 Å². The van der Waals surface area contributed by atoms with Crippen molar-refractivity contribution in [1.29, 1.82) is 0 Å². The molecule has 2 unspecified atom stereocenters. The van der Waals surface area contributed by atoms with Crippen LogP contribution in [0.3, 0.4) is 0 Å². The Morgan fingerprint density at radius 1 is 1.30 bits per heavy atom. The first-order valence-electron chi connectivity index (χ1n) is 8.21. The second-order valence-electron chi connectivity index (χ2n) is 6.80. The lowest BCUT2D eigenvalue weighted by atomic mass is 9.74. The molecular weight excluding hydrogens is 252 g/mol. The SMILES string of the molecule is CC(C)(C(=O)NCCC1CCCCO1)C1CCCNC1. The summed E-state index contributed by atoms with van der Waals surface area (Å²) < 4.78 is 5.70. The second kappa shape index (κ2) is 7.41. The standard InChI is InChI=1S/C16H30N2O2/c1-16(2,13-6-5-9-17-12-13)15(19)18-10-8-14-7-3-4-11-20-14/h13-14,17H,3-12H2,1-2H3,(H,18,19). The Morgan fingerprint density at radius 2 is 2.15 bits per heavy atom. The largest absolute Gasteiger partial charge is 0.378 e. The van der Waals surface area contributed by atoms with Crippen LogP contribution in [0.2, 0.25) is 0 Å². The first-order chi connectivity index (χ1) is 9.60. The number of ether oxygens (including phenoxy) is 1. The highest BCUT2D eigenvalue weighted by Gasteiger charge is 2.37. The van der Waals surface area contributed by atoms with Crippen molar-refractivity contribution >= 4 is 5.91 Å². The van der Waals surface area contributed by atoms with E-state index in [2.05, 4.69) is 24.5 Å². The quantitative estimate of drug-likeness (QED) is 0.812. The zero-order valence-electron chi connectivity index (χ0n) is 13.0. The van der Waals surface area contributed by atoms with Crippen LogP contribution in [0.5, 0.6) is 0 Å². The fourth-order valence-electron chi connectivity index (χ4n) is 3.26. The number of nitrogens with one attached hydrogen (secondary N) is 2. The van der Waals surface area contributed by atoms with Crippen molar-refractivity contribution in [3.8, 4) is 0 Å². The molecule has 2 heterocycles. The van der Waals surface area contributed by atoms with Crippen LogP contribution in [0.15, 0.2) is 0 Å². The molecule has 0 aromatic rings. The summed E-state index contributed by atoms with van der Waals surface area (Å²) in [7, 11) is 0. The number of carbonyl (C=O) groups is 1. The van der Waals surface area contributed by atoms with E-state index in [0.29, 0.717) is 12.0 Å². The van der Waals surface area contributed by atoms with Gasteiger partial charge in [0, 0.05) is 18.6 Å². The monoisotopic (exact) mass is 282 g/mol. The number of rotatable bonds is 5. The highest BCUT2D eigenvalue weighted by atomic mass is 16.5. The first-order valence-corrected chi connectivity index (χ1v) is 8.21. The van der Waals surface area contributed by atoms with E-state index in [9.17, 15) is 4.79 Å². The fourth-order valence-corrected chi connectivity index (χ4v) is 3.26. The number of hydrogen-bond donors (Lipinski definition) is 2. The van der Waals surface area contributed by atoms with Crippen LogP contribution >= 0.6 is 0 Å². The van der Waals surface area contributed by atoms with E-state index < -0.39 is 0 Å². The Morgan fingerprint density at radius 3 is 2.80 bits per heavy atom. The molecule has 2 rings (SSSR count). The van der Waals surface area contributed by atoms with E-state index >= 15 is 0 Å². The molecule has 0 radical (unpaired) electrons. The Bertz CT molecular complexity index is 306. The van der Waals surface area contributed by atoms with Gasteiger partial charge in [-0.25, -0.2) is 0 Å². The van der Waals surface area contributed by atoms with Crippen LogP contribution < -0.4 is 10.6 Å². The Labute approximate surface area is 123 Å². The van der Waals surface area contributed by atoms with Crippen molar-refractivity contribution < 1.29 is 9.53 Å². The summed E-state index contributed by atoms with van der Waals surface area (Å²) in [5, 5.41) is 6.52. The zero-order chi connectivity index (χ0) is 14.4. The molecule has 116 valence electrons. The molecule has 4 heteroatoms. The molecule has 0 aliphatic carbocycles. The lowest BCUT2D eigenvalue weighted by Crippen LogP contribution is -2.47. The molecule has 1 amide bonds. The van der Waals surface area contributed by atoms with Crippen molar-refractivity contribution in [3.05, 3.63) is 0 Å². The predicted octanol–water partition coefficient (Wildman–Crippen LogP) is 2.09. The molecule has 0 spiro atoms. The highest BCUT2D eigenvalue weighted by Crippen LogP contribution is 2.31. The Hall–Kier alpha value is -0.610. The van der Waals surface area contributed by atoms with Gasteiger partial charge in [-0.1, -0.05) is 13.8 Å². The molecule has 4 nitrogen and oxygen atoms in total. The van der Waals surface area contributed by atoms with Crippen molar-refractivity contribution in [2.24, 2.45) is 11.3 Å². The van der Waals surface area contributed by atoms with Gasteiger partial charge in [0.25, 0.3) is 0 Å². The van der Waals surface area contributed by atoms with E-state index in [0.717, 1.165) is 45.5 Å². The van der Waals surface area contributed by atoms with E-state index in [1.807, 2.05) is 0 Å². The van der Waals surface area contributed by atoms with Gasteiger partial charge in [0.1, 0.15) is 0 Å². The summed E-state index contributed by atoms with van der Waals surface area (Å²) in [6.07, 6.45) is 7.22. The van der Waals surface area contributed by atoms with Crippen molar-refractivity contribution in [3.63, 3.8) is 0 Å². The van der Waals surface area contributed by atoms with Gasteiger partial charge in [0.2, 0.25) is 5.91 Å². The topological polar surface area (TPSA) is 50.4 Å². The Balaban J connectivity index is 1.72. The van der Waals surface area contributed by atoms with E-state index in [1.54, 1.807) is 0 Å². The highest BCUT2D eigenvalue weighted by molar-refractivity contribution is 5.82. The molecule has 2 atom stereocenters. The molecule has 0 saturated carbocycles.